The molecule has 6 aromatic rings. The topological polar surface area (TPSA) is 143 Å². The van der Waals surface area contributed by atoms with Crippen LogP contribution >= 0.6 is 0 Å². The van der Waals surface area contributed by atoms with Gasteiger partial charge in [0.05, 0.1) is 60.9 Å². The third-order valence-corrected chi connectivity index (χ3v) is 12.1. The Hall–Kier alpha value is -6.06. The summed E-state index contributed by atoms with van der Waals surface area (Å²) in [4.78, 5) is 19.4. The van der Waals surface area contributed by atoms with Gasteiger partial charge in [-0.1, -0.05) is 47.5 Å². The van der Waals surface area contributed by atoms with Crippen molar-refractivity contribution in [3.63, 3.8) is 0 Å². The zero-order valence-corrected chi connectivity index (χ0v) is 36.5. The van der Waals surface area contributed by atoms with Crippen molar-refractivity contribution < 1.29 is 28.4 Å². The van der Waals surface area contributed by atoms with Crippen LogP contribution in [-0.2, 0) is 18.9 Å². The van der Waals surface area contributed by atoms with Gasteiger partial charge in [0.1, 0.15) is 13.2 Å². The van der Waals surface area contributed by atoms with Gasteiger partial charge >= 0.3 is 12.0 Å². The van der Waals surface area contributed by atoms with Crippen molar-refractivity contribution in [1.82, 2.24) is 39.5 Å². The molecule has 3 unspecified atom stereocenters. The van der Waals surface area contributed by atoms with Crippen molar-refractivity contribution in [2.75, 3.05) is 46.2 Å². The number of benzene rings is 2. The molecule has 0 saturated carbocycles. The normalized spacial score (nSPS) is 20.4. The molecule has 330 valence electrons. The number of aryl methyl sites for hydroxylation is 2. The van der Waals surface area contributed by atoms with E-state index in [0.717, 1.165) is 121 Å². The Labute approximate surface area is 373 Å². The standard InChI is InChI=1S/C50H54N8O6/c1-33-7-3-8-37(25-33)42-14-18-57(55-42)47-29-45(36-10-5-21-60-24-17-36)52-50(54-47)63-32-41-12-13-46(64-41)39-27-34(2)26-38(28-39)43-15-19-58(56-43)48-30-44(35-9-4-20-59-23-16-35)51-49(53-48)62-31-40-11-6-22-61-40/h3,7-8,10,14-16,18-19,25-30,40-41,46H,4-6,9,11-13,17,20-24,31-32H2,1-2H3. The Bertz CT molecular complexity index is 2650. The van der Waals surface area contributed by atoms with Crippen molar-refractivity contribution >= 4 is 11.1 Å². The third-order valence-electron chi connectivity index (χ3n) is 12.1. The molecule has 4 aromatic heterocycles. The van der Waals surface area contributed by atoms with E-state index in [2.05, 4.69) is 62.4 Å². The van der Waals surface area contributed by atoms with Gasteiger partial charge in [0, 0.05) is 48.9 Å². The highest BCUT2D eigenvalue weighted by molar-refractivity contribution is 5.66. The number of allylic oxidation sites excluding steroid dienone is 1. The molecule has 14 nitrogen and oxygen atoms in total. The summed E-state index contributed by atoms with van der Waals surface area (Å²) in [5.74, 6) is 1.28. The van der Waals surface area contributed by atoms with Crippen LogP contribution in [0.5, 0.6) is 12.0 Å². The molecule has 0 spiro atoms. The molecule has 0 bridgehead atoms. The number of rotatable bonds is 13. The van der Waals surface area contributed by atoms with E-state index in [1.165, 1.54) is 5.56 Å². The number of ether oxygens (including phenoxy) is 6. The SMILES string of the molecule is Cc1cccc(-c2ccn(-c3cc(C4=CCCOCC4)nc(OCC4CCC(c5cc(C)cc(-c6ccn(-c7cc(C8=CCOCCC8)nc(OCC8CCCO8)n7)n6)c5)O4)n3)n2)c1. The van der Waals surface area contributed by atoms with Gasteiger partial charge < -0.3 is 28.4 Å². The fraction of sp³-hybridized carbons (Fsp3) is 0.400. The van der Waals surface area contributed by atoms with Gasteiger partial charge in [-0.2, -0.15) is 30.1 Å². The van der Waals surface area contributed by atoms with Gasteiger partial charge in [-0.25, -0.2) is 9.36 Å². The van der Waals surface area contributed by atoms with Crippen molar-refractivity contribution in [3.05, 3.63) is 119 Å². The molecule has 64 heavy (non-hydrogen) atoms. The van der Waals surface area contributed by atoms with Gasteiger partial charge in [-0.15, -0.1) is 0 Å². The minimum atomic E-state index is -0.134. The van der Waals surface area contributed by atoms with E-state index in [4.69, 9.17) is 58.6 Å². The lowest BCUT2D eigenvalue weighted by Gasteiger charge is -2.16. The molecule has 4 aliphatic rings. The first-order chi connectivity index (χ1) is 31.5. The quantitative estimate of drug-likeness (QED) is 0.110. The van der Waals surface area contributed by atoms with E-state index < -0.39 is 0 Å². The minimum Gasteiger partial charge on any atom is -0.461 e. The molecule has 2 saturated heterocycles. The Balaban J connectivity index is 0.846. The lowest BCUT2D eigenvalue weighted by Crippen LogP contribution is -2.18. The van der Waals surface area contributed by atoms with Crippen LogP contribution < -0.4 is 9.47 Å². The van der Waals surface area contributed by atoms with Crippen molar-refractivity contribution in [3.8, 4) is 46.2 Å². The monoisotopic (exact) mass is 862 g/mol. The van der Waals surface area contributed by atoms with Gasteiger partial charge in [0.2, 0.25) is 0 Å². The molecular formula is C50H54N8O6. The lowest BCUT2D eigenvalue weighted by molar-refractivity contribution is 0.0151. The van der Waals surface area contributed by atoms with Gasteiger partial charge in [0.15, 0.2) is 11.6 Å². The maximum Gasteiger partial charge on any atom is 0.319 e. The molecule has 8 heterocycles. The Morgan fingerprint density at radius 2 is 1.34 bits per heavy atom. The highest BCUT2D eigenvalue weighted by Gasteiger charge is 2.29. The molecule has 0 radical (unpaired) electrons. The number of aromatic nitrogens is 8. The Kier molecular flexibility index (Phi) is 12.7. The summed E-state index contributed by atoms with van der Waals surface area (Å²) < 4.78 is 40.0. The predicted molar refractivity (Wildman–Crippen MR) is 242 cm³/mol. The fourth-order valence-electron chi connectivity index (χ4n) is 8.74. The minimum absolute atomic E-state index is 0.0521. The number of nitrogens with zero attached hydrogens (tertiary/aromatic N) is 8. The summed E-state index contributed by atoms with van der Waals surface area (Å²) in [6.45, 7) is 8.32. The Morgan fingerprint density at radius 3 is 2.09 bits per heavy atom. The third kappa shape index (κ3) is 10.0. The highest BCUT2D eigenvalue weighted by Crippen LogP contribution is 2.36. The summed E-state index contributed by atoms with van der Waals surface area (Å²) in [6.07, 6.45) is 15.1. The average Bonchev–Trinajstić information content (AvgIpc) is 4.14. The maximum absolute atomic E-state index is 6.68. The molecule has 2 aromatic carbocycles. The zero-order valence-electron chi connectivity index (χ0n) is 36.5. The zero-order chi connectivity index (χ0) is 43.2. The summed E-state index contributed by atoms with van der Waals surface area (Å²) in [5, 5.41) is 9.92. The highest BCUT2D eigenvalue weighted by atomic mass is 16.6. The molecule has 3 atom stereocenters. The maximum atomic E-state index is 6.68. The van der Waals surface area contributed by atoms with Crippen LogP contribution in [0.15, 0.2) is 91.3 Å². The second kappa shape index (κ2) is 19.4. The fourth-order valence-corrected chi connectivity index (χ4v) is 8.74. The van der Waals surface area contributed by atoms with Gasteiger partial charge in [-0.05, 0) is 112 Å². The van der Waals surface area contributed by atoms with Crippen molar-refractivity contribution in [1.29, 1.82) is 0 Å². The predicted octanol–water partition coefficient (Wildman–Crippen LogP) is 8.83. The van der Waals surface area contributed by atoms with E-state index >= 15 is 0 Å². The number of hydrogen-bond donors (Lipinski definition) is 0. The van der Waals surface area contributed by atoms with E-state index in [0.29, 0.717) is 56.7 Å². The number of hydrogen-bond acceptors (Lipinski definition) is 12. The van der Waals surface area contributed by atoms with Gasteiger partial charge in [-0.3, -0.25) is 0 Å². The second-order valence-electron chi connectivity index (χ2n) is 17.0. The summed E-state index contributed by atoms with van der Waals surface area (Å²) in [7, 11) is 0. The van der Waals surface area contributed by atoms with Crippen LogP contribution in [-0.4, -0.2) is 98.0 Å². The van der Waals surface area contributed by atoms with Crippen LogP contribution in [0.2, 0.25) is 0 Å². The molecule has 10 rings (SSSR count). The largest absolute Gasteiger partial charge is 0.461 e. The van der Waals surface area contributed by atoms with Crippen LogP contribution in [0.1, 0.15) is 85.5 Å². The van der Waals surface area contributed by atoms with Gasteiger partial charge in [0.25, 0.3) is 0 Å². The molecule has 0 N–H and O–H groups in total. The van der Waals surface area contributed by atoms with E-state index in [1.54, 1.807) is 9.36 Å². The molecule has 0 aliphatic carbocycles. The van der Waals surface area contributed by atoms with Crippen LogP contribution in [0.4, 0.5) is 0 Å². The molecule has 0 amide bonds. The second-order valence-corrected chi connectivity index (χ2v) is 17.0. The molecule has 4 aliphatic heterocycles. The Morgan fingerprint density at radius 1 is 0.609 bits per heavy atom. The van der Waals surface area contributed by atoms with Crippen LogP contribution in [0, 0.1) is 13.8 Å². The first kappa shape index (κ1) is 41.9. The van der Waals surface area contributed by atoms with E-state index in [-0.39, 0.29) is 18.3 Å². The van der Waals surface area contributed by atoms with Crippen molar-refractivity contribution in [2.45, 2.75) is 83.5 Å². The first-order valence-corrected chi connectivity index (χ1v) is 22.6. The smallest absolute Gasteiger partial charge is 0.319 e. The first-order valence-electron chi connectivity index (χ1n) is 22.6. The summed E-state index contributed by atoms with van der Waals surface area (Å²) in [6, 6.07) is 23.5. The lowest BCUT2D eigenvalue weighted by atomic mass is 9.99. The molecule has 2 fully saturated rings. The van der Waals surface area contributed by atoms with E-state index in [9.17, 15) is 0 Å². The molecular weight excluding hydrogens is 809 g/mol. The van der Waals surface area contributed by atoms with E-state index in [1.807, 2.05) is 42.7 Å². The summed E-state index contributed by atoms with van der Waals surface area (Å²) >= 11 is 0. The average molecular weight is 863 g/mol. The van der Waals surface area contributed by atoms with Crippen LogP contribution in [0.25, 0.3) is 45.3 Å². The molecule has 14 heteroatoms. The van der Waals surface area contributed by atoms with Crippen LogP contribution in [0.3, 0.4) is 0 Å². The van der Waals surface area contributed by atoms with Crippen molar-refractivity contribution in [2.24, 2.45) is 0 Å². The summed E-state index contributed by atoms with van der Waals surface area (Å²) in [5.41, 5.74) is 11.0.